The van der Waals surface area contributed by atoms with Crippen LogP contribution >= 0.6 is 0 Å². The second kappa shape index (κ2) is 9.27. The van der Waals surface area contributed by atoms with Crippen molar-refractivity contribution < 1.29 is 27.4 Å². The number of rotatable bonds is 9. The highest BCUT2D eigenvalue weighted by atomic mass is 19.4. The Morgan fingerprint density at radius 3 is 2.22 bits per heavy atom. The van der Waals surface area contributed by atoms with Crippen molar-refractivity contribution in [3.8, 4) is 11.5 Å². The molecule has 2 rings (SSSR count). The monoisotopic (exact) mass is 382 g/mol. The molecular weight excluding hydrogens is 361 g/mol. The van der Waals surface area contributed by atoms with Gasteiger partial charge in [-0.25, -0.2) is 0 Å². The molecule has 0 bridgehead atoms. The van der Waals surface area contributed by atoms with E-state index in [1.807, 2.05) is 0 Å². The van der Waals surface area contributed by atoms with Crippen LogP contribution in [0.15, 0.2) is 42.5 Å². The first-order chi connectivity index (χ1) is 12.8. The molecule has 27 heavy (non-hydrogen) atoms. The minimum absolute atomic E-state index is 0.0555. The van der Waals surface area contributed by atoms with Crippen LogP contribution < -0.4 is 20.5 Å². The number of hydrogen-bond acceptors (Lipinski definition) is 4. The lowest BCUT2D eigenvalue weighted by Crippen LogP contribution is -2.19. The molecule has 8 heteroatoms. The van der Waals surface area contributed by atoms with E-state index in [9.17, 15) is 18.0 Å². The van der Waals surface area contributed by atoms with Gasteiger partial charge in [0.25, 0.3) is 0 Å². The van der Waals surface area contributed by atoms with Crippen molar-refractivity contribution >= 4 is 5.91 Å². The molecule has 2 aromatic carbocycles. The first-order valence-electron chi connectivity index (χ1n) is 8.33. The van der Waals surface area contributed by atoms with Crippen LogP contribution in [-0.2, 0) is 13.1 Å². The molecule has 0 atom stereocenters. The maximum Gasteiger partial charge on any atom is 0.422 e. The molecule has 0 saturated heterocycles. The van der Waals surface area contributed by atoms with E-state index in [4.69, 9.17) is 15.2 Å². The summed E-state index contributed by atoms with van der Waals surface area (Å²) in [7, 11) is 0. The normalized spacial score (nSPS) is 11.3. The molecule has 2 aromatic rings. The van der Waals surface area contributed by atoms with Crippen molar-refractivity contribution in [1.29, 1.82) is 0 Å². The molecule has 146 valence electrons. The van der Waals surface area contributed by atoms with E-state index in [0.717, 1.165) is 11.1 Å². The minimum atomic E-state index is -4.41. The molecule has 0 aliphatic heterocycles. The van der Waals surface area contributed by atoms with Crippen LogP contribution in [0.4, 0.5) is 13.2 Å². The predicted molar refractivity (Wildman–Crippen MR) is 94.7 cm³/mol. The number of carbonyl (C=O) groups excluding carboxylic acids is 1. The quantitative estimate of drug-likeness (QED) is 0.697. The first-order valence-corrected chi connectivity index (χ1v) is 8.33. The number of carbonyl (C=O) groups is 1. The first kappa shape index (κ1) is 20.6. The number of nitrogens with one attached hydrogen (secondary N) is 1. The van der Waals surface area contributed by atoms with Gasteiger partial charge in [0.05, 0.1) is 6.61 Å². The molecular formula is C19H21F3N2O3. The van der Waals surface area contributed by atoms with E-state index in [-0.39, 0.29) is 11.5 Å². The van der Waals surface area contributed by atoms with E-state index in [1.54, 1.807) is 43.3 Å². The van der Waals surface area contributed by atoms with E-state index in [0.29, 0.717) is 25.3 Å². The van der Waals surface area contributed by atoms with Crippen molar-refractivity contribution in [3.63, 3.8) is 0 Å². The minimum Gasteiger partial charge on any atom is -0.490 e. The number of ether oxygens (including phenoxy) is 2. The average molecular weight is 382 g/mol. The summed E-state index contributed by atoms with van der Waals surface area (Å²) >= 11 is 0. The fourth-order valence-corrected chi connectivity index (χ4v) is 2.35. The van der Waals surface area contributed by atoms with Crippen LogP contribution in [0.2, 0.25) is 0 Å². The summed E-state index contributed by atoms with van der Waals surface area (Å²) in [4.78, 5) is 11.0. The Bertz CT molecular complexity index is 762. The zero-order chi connectivity index (χ0) is 19.9. The molecule has 0 unspecified atom stereocenters. The van der Waals surface area contributed by atoms with Gasteiger partial charge in [0.2, 0.25) is 5.91 Å². The number of amides is 1. The Labute approximate surface area is 155 Å². The van der Waals surface area contributed by atoms with Gasteiger partial charge in [-0.3, -0.25) is 4.79 Å². The van der Waals surface area contributed by atoms with E-state index in [2.05, 4.69) is 5.32 Å². The van der Waals surface area contributed by atoms with Gasteiger partial charge in [-0.2, -0.15) is 13.2 Å². The largest absolute Gasteiger partial charge is 0.490 e. The number of primary amides is 1. The van der Waals surface area contributed by atoms with Crippen LogP contribution in [0, 0.1) is 0 Å². The summed E-state index contributed by atoms with van der Waals surface area (Å²) in [5.74, 6) is -0.155. The second-order valence-electron chi connectivity index (χ2n) is 5.78. The highest BCUT2D eigenvalue weighted by molar-refractivity contribution is 5.92. The summed E-state index contributed by atoms with van der Waals surface area (Å²) in [6.45, 7) is 1.72. The highest BCUT2D eigenvalue weighted by Gasteiger charge is 2.29. The Morgan fingerprint density at radius 1 is 1.00 bits per heavy atom. The van der Waals surface area contributed by atoms with Crippen LogP contribution in [-0.4, -0.2) is 25.3 Å². The molecule has 0 fully saturated rings. The Balaban J connectivity index is 1.95. The summed E-state index contributed by atoms with van der Waals surface area (Å²) < 4.78 is 47.2. The van der Waals surface area contributed by atoms with Gasteiger partial charge in [-0.05, 0) is 42.3 Å². The van der Waals surface area contributed by atoms with E-state index >= 15 is 0 Å². The summed E-state index contributed by atoms with van der Waals surface area (Å²) in [5, 5.41) is 3.22. The fraction of sp³-hybridized carbons (Fsp3) is 0.316. The zero-order valence-corrected chi connectivity index (χ0v) is 14.8. The van der Waals surface area contributed by atoms with Crippen LogP contribution in [0.25, 0.3) is 0 Å². The summed E-state index contributed by atoms with van der Waals surface area (Å²) in [5.41, 5.74) is 7.44. The molecule has 5 nitrogen and oxygen atoms in total. The lowest BCUT2D eigenvalue weighted by molar-refractivity contribution is -0.153. The Hall–Kier alpha value is -2.74. The van der Waals surface area contributed by atoms with E-state index in [1.165, 1.54) is 6.07 Å². The van der Waals surface area contributed by atoms with Gasteiger partial charge in [-0.15, -0.1) is 0 Å². The number of hydrogen-bond donors (Lipinski definition) is 2. The zero-order valence-electron chi connectivity index (χ0n) is 14.8. The number of nitrogens with two attached hydrogens (primary N) is 1. The van der Waals surface area contributed by atoms with Crippen molar-refractivity contribution in [1.82, 2.24) is 5.32 Å². The van der Waals surface area contributed by atoms with Crippen LogP contribution in [0.1, 0.15) is 28.4 Å². The van der Waals surface area contributed by atoms with Crippen molar-refractivity contribution in [3.05, 3.63) is 59.2 Å². The number of benzene rings is 2. The summed E-state index contributed by atoms with van der Waals surface area (Å²) in [6, 6.07) is 11.7. The summed E-state index contributed by atoms with van der Waals surface area (Å²) in [6.07, 6.45) is -4.41. The molecule has 3 N–H and O–H groups in total. The topological polar surface area (TPSA) is 73.6 Å². The number of alkyl halides is 3. The molecule has 0 saturated carbocycles. The molecule has 0 spiro atoms. The maximum absolute atomic E-state index is 12.3. The third kappa shape index (κ3) is 6.82. The smallest absolute Gasteiger partial charge is 0.422 e. The number of halogens is 3. The maximum atomic E-state index is 12.3. The highest BCUT2D eigenvalue weighted by Crippen LogP contribution is 2.30. The van der Waals surface area contributed by atoms with Gasteiger partial charge < -0.3 is 20.5 Å². The Kier molecular flexibility index (Phi) is 7.06. The van der Waals surface area contributed by atoms with Gasteiger partial charge >= 0.3 is 6.18 Å². The van der Waals surface area contributed by atoms with Gasteiger partial charge in [0, 0.05) is 18.7 Å². The van der Waals surface area contributed by atoms with Crippen molar-refractivity contribution in [2.75, 3.05) is 13.2 Å². The molecule has 0 aromatic heterocycles. The van der Waals surface area contributed by atoms with Crippen LogP contribution in [0.5, 0.6) is 11.5 Å². The Morgan fingerprint density at radius 2 is 1.63 bits per heavy atom. The lowest BCUT2D eigenvalue weighted by Gasteiger charge is -2.15. The SMILES string of the molecule is CCOc1cc(CNCc2ccc(C(N)=O)cc2)ccc1OCC(F)(F)F. The standard InChI is InChI=1S/C19H21F3N2O3/c1-2-26-17-9-14(5-8-16(17)27-12-19(20,21)22)11-24-10-13-3-6-15(7-4-13)18(23)25/h3-9,24H,2,10-12H2,1H3,(H2,23,25). The predicted octanol–water partition coefficient (Wildman–Crippen LogP) is 3.42. The molecule has 0 heterocycles. The van der Waals surface area contributed by atoms with Gasteiger partial charge in [0.1, 0.15) is 0 Å². The molecule has 0 aliphatic rings. The van der Waals surface area contributed by atoms with Crippen molar-refractivity contribution in [2.24, 2.45) is 5.73 Å². The third-order valence-corrected chi connectivity index (χ3v) is 3.60. The lowest BCUT2D eigenvalue weighted by atomic mass is 10.1. The van der Waals surface area contributed by atoms with Crippen molar-refractivity contribution in [2.45, 2.75) is 26.2 Å². The second-order valence-corrected chi connectivity index (χ2v) is 5.78. The third-order valence-electron chi connectivity index (χ3n) is 3.60. The molecule has 0 radical (unpaired) electrons. The average Bonchev–Trinajstić information content (AvgIpc) is 2.61. The van der Waals surface area contributed by atoms with Gasteiger partial charge in [0.15, 0.2) is 18.1 Å². The van der Waals surface area contributed by atoms with Gasteiger partial charge in [-0.1, -0.05) is 18.2 Å². The van der Waals surface area contributed by atoms with Crippen LogP contribution in [0.3, 0.4) is 0 Å². The molecule has 0 aliphatic carbocycles. The van der Waals surface area contributed by atoms with E-state index < -0.39 is 18.7 Å². The molecule has 1 amide bonds. The fourth-order valence-electron chi connectivity index (χ4n) is 2.35.